The van der Waals surface area contributed by atoms with E-state index in [0.717, 1.165) is 36.3 Å². The summed E-state index contributed by atoms with van der Waals surface area (Å²) in [5.74, 6) is 1.88. The Bertz CT molecular complexity index is 1140. The van der Waals surface area contributed by atoms with E-state index in [1.165, 1.54) is 25.6 Å². The number of benzene rings is 2. The number of ether oxygens (including phenoxy) is 3. The second kappa shape index (κ2) is 9.89. The summed E-state index contributed by atoms with van der Waals surface area (Å²) < 4.78 is 17.7. The summed E-state index contributed by atoms with van der Waals surface area (Å²) in [6.45, 7) is 3.12. The van der Waals surface area contributed by atoms with Crippen LogP contribution in [0.25, 0.3) is 10.9 Å². The third-order valence-corrected chi connectivity index (χ3v) is 7.03. The molecule has 1 N–H and O–H groups in total. The van der Waals surface area contributed by atoms with Crippen molar-refractivity contribution in [2.24, 2.45) is 0 Å². The van der Waals surface area contributed by atoms with Gasteiger partial charge in [0.2, 0.25) is 0 Å². The largest absolute Gasteiger partial charge is 0.493 e. The molecular formula is C24H26Cl2N4O3. The van der Waals surface area contributed by atoms with E-state index in [2.05, 4.69) is 20.2 Å². The lowest BCUT2D eigenvalue weighted by atomic mass is 9.91. The van der Waals surface area contributed by atoms with Gasteiger partial charge in [-0.15, -0.1) is 0 Å². The molecule has 0 amide bonds. The third kappa shape index (κ3) is 4.96. The standard InChI is InChI=1S/C24H26Cl2N4O3/c1-31-22-10-18-21(27-14-28-24(18)29-15-5-6-19(25)20(26)9-15)11-23(22)33-13-17-12-30(7-8-32-17)16-3-2-4-16/h5-6,9-11,14,16-17H,2-4,7-8,12-13H2,1H3,(H,27,28,29). The molecule has 174 valence electrons. The predicted octanol–water partition coefficient (Wildman–Crippen LogP) is 5.32. The molecule has 2 aliphatic rings. The van der Waals surface area contributed by atoms with Crippen LogP contribution in [0.15, 0.2) is 36.7 Å². The second-order valence-electron chi connectivity index (χ2n) is 8.38. The number of halogens is 2. The second-order valence-corrected chi connectivity index (χ2v) is 9.19. The van der Waals surface area contributed by atoms with Gasteiger partial charge in [0, 0.05) is 36.3 Å². The SMILES string of the molecule is COc1cc2c(Nc3ccc(Cl)c(Cl)c3)ncnc2cc1OCC1CN(C2CCC2)CCO1. The summed E-state index contributed by atoms with van der Waals surface area (Å²) in [6, 6.07) is 9.80. The van der Waals surface area contributed by atoms with Crippen molar-refractivity contribution in [1.29, 1.82) is 0 Å². The van der Waals surface area contributed by atoms with Crippen molar-refractivity contribution >= 4 is 45.6 Å². The van der Waals surface area contributed by atoms with E-state index in [9.17, 15) is 0 Å². The Morgan fingerprint density at radius 1 is 1.12 bits per heavy atom. The van der Waals surface area contributed by atoms with Crippen LogP contribution in [0.4, 0.5) is 11.5 Å². The average Bonchev–Trinajstić information content (AvgIpc) is 2.79. The minimum absolute atomic E-state index is 0.0389. The summed E-state index contributed by atoms with van der Waals surface area (Å²) in [6.07, 6.45) is 5.48. The van der Waals surface area contributed by atoms with Crippen LogP contribution in [-0.2, 0) is 4.74 Å². The van der Waals surface area contributed by atoms with Crippen LogP contribution in [0.2, 0.25) is 10.0 Å². The number of fused-ring (bicyclic) bond motifs is 1. The van der Waals surface area contributed by atoms with E-state index in [1.807, 2.05) is 18.2 Å². The Morgan fingerprint density at radius 2 is 2.00 bits per heavy atom. The third-order valence-electron chi connectivity index (χ3n) is 6.29. The normalized spacial score (nSPS) is 19.3. The van der Waals surface area contributed by atoms with Crippen molar-refractivity contribution in [2.45, 2.75) is 31.4 Å². The van der Waals surface area contributed by atoms with Crippen LogP contribution in [0.5, 0.6) is 11.5 Å². The van der Waals surface area contributed by atoms with Crippen molar-refractivity contribution in [3.8, 4) is 11.5 Å². The first kappa shape index (κ1) is 22.5. The predicted molar refractivity (Wildman–Crippen MR) is 130 cm³/mol. The molecule has 0 radical (unpaired) electrons. The maximum absolute atomic E-state index is 6.15. The minimum atomic E-state index is 0.0389. The summed E-state index contributed by atoms with van der Waals surface area (Å²) in [7, 11) is 1.62. The van der Waals surface area contributed by atoms with Crippen molar-refractivity contribution in [1.82, 2.24) is 14.9 Å². The zero-order chi connectivity index (χ0) is 22.8. The fraction of sp³-hybridized carbons (Fsp3) is 0.417. The lowest BCUT2D eigenvalue weighted by Gasteiger charge is -2.42. The molecule has 5 rings (SSSR count). The lowest BCUT2D eigenvalue weighted by Crippen LogP contribution is -2.51. The maximum Gasteiger partial charge on any atom is 0.163 e. The van der Waals surface area contributed by atoms with Gasteiger partial charge >= 0.3 is 0 Å². The highest BCUT2D eigenvalue weighted by Crippen LogP contribution is 2.36. The number of morpholine rings is 1. The first-order valence-corrected chi connectivity index (χ1v) is 11.9. The molecule has 2 aromatic carbocycles. The molecule has 3 aromatic rings. The quantitative estimate of drug-likeness (QED) is 0.482. The molecule has 7 nitrogen and oxygen atoms in total. The Labute approximate surface area is 203 Å². The first-order valence-electron chi connectivity index (χ1n) is 11.1. The molecule has 9 heteroatoms. The zero-order valence-electron chi connectivity index (χ0n) is 18.4. The van der Waals surface area contributed by atoms with Crippen molar-refractivity contribution in [2.75, 3.05) is 38.7 Å². The summed E-state index contributed by atoms with van der Waals surface area (Å²) in [5, 5.41) is 5.05. The van der Waals surface area contributed by atoms with Crippen LogP contribution in [-0.4, -0.2) is 60.4 Å². The molecule has 1 saturated heterocycles. The molecule has 2 heterocycles. The Balaban J connectivity index is 1.33. The molecule has 1 atom stereocenters. The molecule has 33 heavy (non-hydrogen) atoms. The summed E-state index contributed by atoms with van der Waals surface area (Å²) in [4.78, 5) is 11.4. The summed E-state index contributed by atoms with van der Waals surface area (Å²) >= 11 is 12.2. The number of hydrogen-bond acceptors (Lipinski definition) is 7. The van der Waals surface area contributed by atoms with Gasteiger partial charge in [-0.2, -0.15) is 0 Å². The Hall–Kier alpha value is -2.32. The van der Waals surface area contributed by atoms with Crippen molar-refractivity contribution in [3.05, 3.63) is 46.7 Å². The highest BCUT2D eigenvalue weighted by molar-refractivity contribution is 6.42. The lowest BCUT2D eigenvalue weighted by molar-refractivity contribution is -0.0702. The number of methoxy groups -OCH3 is 1. The van der Waals surface area contributed by atoms with Gasteiger partial charge in [0.05, 0.1) is 29.3 Å². The van der Waals surface area contributed by atoms with Crippen molar-refractivity contribution in [3.63, 3.8) is 0 Å². The first-order chi connectivity index (χ1) is 16.1. The highest BCUT2D eigenvalue weighted by atomic mass is 35.5. The molecule has 2 fully saturated rings. The highest BCUT2D eigenvalue weighted by Gasteiger charge is 2.30. The minimum Gasteiger partial charge on any atom is -0.493 e. The number of aromatic nitrogens is 2. The smallest absolute Gasteiger partial charge is 0.163 e. The fourth-order valence-corrected chi connectivity index (χ4v) is 4.55. The number of rotatable bonds is 7. The molecule has 1 unspecified atom stereocenters. The van der Waals surface area contributed by atoms with Gasteiger partial charge in [0.25, 0.3) is 0 Å². The van der Waals surface area contributed by atoms with Gasteiger partial charge in [-0.05, 0) is 37.1 Å². The Morgan fingerprint density at radius 3 is 2.76 bits per heavy atom. The van der Waals surface area contributed by atoms with Gasteiger partial charge < -0.3 is 19.5 Å². The molecule has 0 spiro atoms. The number of nitrogens with one attached hydrogen (secondary N) is 1. The molecule has 1 saturated carbocycles. The van der Waals surface area contributed by atoms with E-state index in [0.29, 0.717) is 40.0 Å². The van der Waals surface area contributed by atoms with Crippen LogP contribution in [0.1, 0.15) is 19.3 Å². The van der Waals surface area contributed by atoms with E-state index in [1.54, 1.807) is 19.2 Å². The van der Waals surface area contributed by atoms with E-state index in [-0.39, 0.29) is 6.10 Å². The van der Waals surface area contributed by atoms with E-state index in [4.69, 9.17) is 37.4 Å². The molecule has 1 aromatic heterocycles. The van der Waals surface area contributed by atoms with Gasteiger partial charge in [-0.25, -0.2) is 9.97 Å². The molecule has 0 bridgehead atoms. The average molecular weight is 489 g/mol. The number of nitrogens with zero attached hydrogens (tertiary/aromatic N) is 3. The van der Waals surface area contributed by atoms with E-state index >= 15 is 0 Å². The van der Waals surface area contributed by atoms with Gasteiger partial charge in [-0.3, -0.25) is 4.90 Å². The monoisotopic (exact) mass is 488 g/mol. The van der Waals surface area contributed by atoms with Crippen molar-refractivity contribution < 1.29 is 14.2 Å². The molecular weight excluding hydrogens is 463 g/mol. The molecule has 1 aliphatic heterocycles. The van der Waals surface area contributed by atoms with Crippen LogP contribution in [0, 0.1) is 0 Å². The topological polar surface area (TPSA) is 68.7 Å². The van der Waals surface area contributed by atoms with Crippen LogP contribution >= 0.6 is 23.2 Å². The maximum atomic E-state index is 6.15. The van der Waals surface area contributed by atoms with Gasteiger partial charge in [0.1, 0.15) is 24.9 Å². The number of hydrogen-bond donors (Lipinski definition) is 1. The van der Waals surface area contributed by atoms with Crippen LogP contribution < -0.4 is 14.8 Å². The zero-order valence-corrected chi connectivity index (χ0v) is 19.9. The van der Waals surface area contributed by atoms with E-state index < -0.39 is 0 Å². The van der Waals surface area contributed by atoms with Gasteiger partial charge in [-0.1, -0.05) is 29.6 Å². The molecule has 1 aliphatic carbocycles. The summed E-state index contributed by atoms with van der Waals surface area (Å²) in [5.41, 5.74) is 1.51. The Kier molecular flexibility index (Phi) is 6.74. The fourth-order valence-electron chi connectivity index (χ4n) is 4.26. The number of anilines is 2. The van der Waals surface area contributed by atoms with Crippen LogP contribution in [0.3, 0.4) is 0 Å². The van der Waals surface area contributed by atoms with Gasteiger partial charge in [0.15, 0.2) is 11.5 Å².